The molecule has 1 aliphatic heterocycles. The Balaban J connectivity index is 1.77. The van der Waals surface area contributed by atoms with Gasteiger partial charge in [-0.15, -0.1) is 0 Å². The molecule has 2 aromatic rings. The van der Waals surface area contributed by atoms with Crippen LogP contribution in [0.25, 0.3) is 11.3 Å². The van der Waals surface area contributed by atoms with E-state index in [0.717, 1.165) is 25.1 Å². The Hall–Kier alpha value is -1.85. The Morgan fingerprint density at radius 2 is 2.19 bits per heavy atom. The van der Waals surface area contributed by atoms with Crippen LogP contribution in [0.1, 0.15) is 16.9 Å². The largest absolute Gasteiger partial charge is 0.355 e. The first-order chi connectivity index (χ1) is 10.1. The molecule has 3 rings (SSSR count). The minimum absolute atomic E-state index is 0.118. The van der Waals surface area contributed by atoms with Crippen LogP contribution in [0.2, 0.25) is 5.02 Å². The van der Waals surface area contributed by atoms with Gasteiger partial charge in [-0.25, -0.2) is 0 Å². The maximum Gasteiger partial charge on any atom is 0.276 e. The zero-order chi connectivity index (χ0) is 14.8. The fourth-order valence-corrected chi connectivity index (χ4v) is 2.57. The van der Waals surface area contributed by atoms with Gasteiger partial charge >= 0.3 is 0 Å². The number of amides is 1. The van der Waals surface area contributed by atoms with E-state index in [1.807, 2.05) is 12.1 Å². The van der Waals surface area contributed by atoms with Gasteiger partial charge in [0.15, 0.2) is 11.5 Å². The maximum atomic E-state index is 12.4. The lowest BCUT2D eigenvalue weighted by atomic mass is 10.1. The molecule has 2 heterocycles. The number of nitrogens with one attached hydrogen (secondary N) is 1. The fourth-order valence-electron chi connectivity index (χ4n) is 2.44. The standard InChI is InChI=1S/C15H16ClN3O2/c1-19(12-6-7-17-9-12)15(20)13-8-14(21-18-13)10-2-4-11(16)5-3-10/h2-5,8,12,17H,6-7,9H2,1H3. The van der Waals surface area contributed by atoms with Crippen LogP contribution in [0.4, 0.5) is 0 Å². The molecule has 1 aliphatic rings. The summed E-state index contributed by atoms with van der Waals surface area (Å²) < 4.78 is 5.27. The third-order valence-corrected chi connectivity index (χ3v) is 4.01. The SMILES string of the molecule is CN(C(=O)c1cc(-c2ccc(Cl)cc2)on1)C1CCNC1. The van der Waals surface area contributed by atoms with Crippen molar-refractivity contribution in [3.05, 3.63) is 41.0 Å². The highest BCUT2D eigenvalue weighted by Crippen LogP contribution is 2.23. The van der Waals surface area contributed by atoms with E-state index in [-0.39, 0.29) is 11.9 Å². The highest BCUT2D eigenvalue weighted by molar-refractivity contribution is 6.30. The second-order valence-electron chi connectivity index (χ2n) is 5.15. The number of halogens is 1. The number of rotatable bonds is 3. The summed E-state index contributed by atoms with van der Waals surface area (Å²) in [6, 6.07) is 9.11. The summed E-state index contributed by atoms with van der Waals surface area (Å²) in [7, 11) is 1.80. The summed E-state index contributed by atoms with van der Waals surface area (Å²) in [5.74, 6) is 0.445. The Morgan fingerprint density at radius 1 is 1.43 bits per heavy atom. The lowest BCUT2D eigenvalue weighted by Gasteiger charge is -2.22. The van der Waals surface area contributed by atoms with Crippen molar-refractivity contribution in [2.45, 2.75) is 12.5 Å². The summed E-state index contributed by atoms with van der Waals surface area (Å²) in [6.07, 6.45) is 0.962. The first kappa shape index (κ1) is 14.1. The molecule has 1 fully saturated rings. The smallest absolute Gasteiger partial charge is 0.276 e. The molecule has 110 valence electrons. The Bertz CT molecular complexity index is 633. The molecule has 0 bridgehead atoms. The van der Waals surface area contributed by atoms with Gasteiger partial charge in [0.2, 0.25) is 0 Å². The van der Waals surface area contributed by atoms with E-state index in [4.69, 9.17) is 16.1 Å². The van der Waals surface area contributed by atoms with Gasteiger partial charge in [0, 0.05) is 36.3 Å². The summed E-state index contributed by atoms with van der Waals surface area (Å²) in [6.45, 7) is 1.77. The van der Waals surface area contributed by atoms with Gasteiger partial charge in [0.05, 0.1) is 0 Å². The monoisotopic (exact) mass is 305 g/mol. The van der Waals surface area contributed by atoms with Crippen LogP contribution in [0.5, 0.6) is 0 Å². The van der Waals surface area contributed by atoms with Gasteiger partial charge in [-0.2, -0.15) is 0 Å². The fraction of sp³-hybridized carbons (Fsp3) is 0.333. The van der Waals surface area contributed by atoms with Gasteiger partial charge in [0.1, 0.15) is 0 Å². The number of aromatic nitrogens is 1. The van der Waals surface area contributed by atoms with E-state index >= 15 is 0 Å². The molecule has 0 aliphatic carbocycles. The van der Waals surface area contributed by atoms with Gasteiger partial charge in [-0.05, 0) is 37.2 Å². The zero-order valence-electron chi connectivity index (χ0n) is 11.7. The molecule has 1 unspecified atom stereocenters. The van der Waals surface area contributed by atoms with E-state index in [1.165, 1.54) is 0 Å². The first-order valence-electron chi connectivity index (χ1n) is 6.85. The molecule has 5 nitrogen and oxygen atoms in total. The number of hydrogen-bond donors (Lipinski definition) is 1. The zero-order valence-corrected chi connectivity index (χ0v) is 12.4. The molecular weight excluding hydrogens is 290 g/mol. The van der Waals surface area contributed by atoms with Crippen LogP contribution in [0.15, 0.2) is 34.9 Å². The van der Waals surface area contributed by atoms with E-state index in [1.54, 1.807) is 30.1 Å². The summed E-state index contributed by atoms with van der Waals surface area (Å²) in [5.41, 5.74) is 1.17. The molecule has 0 spiro atoms. The second-order valence-corrected chi connectivity index (χ2v) is 5.58. The summed E-state index contributed by atoms with van der Waals surface area (Å²) in [5, 5.41) is 7.79. The van der Waals surface area contributed by atoms with Crippen molar-refractivity contribution >= 4 is 17.5 Å². The van der Waals surface area contributed by atoms with E-state index in [2.05, 4.69) is 10.5 Å². The topological polar surface area (TPSA) is 58.4 Å². The minimum Gasteiger partial charge on any atom is -0.355 e. The van der Waals surface area contributed by atoms with E-state index in [0.29, 0.717) is 16.5 Å². The lowest BCUT2D eigenvalue weighted by Crippen LogP contribution is -2.38. The van der Waals surface area contributed by atoms with Gasteiger partial charge in [-0.3, -0.25) is 4.79 Å². The Labute approximate surface area is 127 Å². The van der Waals surface area contributed by atoms with Crippen molar-refractivity contribution in [3.8, 4) is 11.3 Å². The molecule has 1 N–H and O–H groups in total. The highest BCUT2D eigenvalue weighted by atomic mass is 35.5. The highest BCUT2D eigenvalue weighted by Gasteiger charge is 2.26. The van der Waals surface area contributed by atoms with E-state index < -0.39 is 0 Å². The molecule has 1 saturated heterocycles. The van der Waals surface area contributed by atoms with Crippen molar-refractivity contribution in [1.29, 1.82) is 0 Å². The van der Waals surface area contributed by atoms with Gasteiger partial charge in [0.25, 0.3) is 5.91 Å². The molecule has 1 aromatic heterocycles. The average Bonchev–Trinajstić information content (AvgIpc) is 3.18. The molecule has 0 saturated carbocycles. The van der Waals surface area contributed by atoms with Crippen molar-refractivity contribution in [3.63, 3.8) is 0 Å². The van der Waals surface area contributed by atoms with Crippen molar-refractivity contribution < 1.29 is 9.32 Å². The van der Waals surface area contributed by atoms with Crippen molar-refractivity contribution in [1.82, 2.24) is 15.4 Å². The molecule has 21 heavy (non-hydrogen) atoms. The van der Waals surface area contributed by atoms with E-state index in [9.17, 15) is 4.79 Å². The number of carbonyl (C=O) groups is 1. The molecular formula is C15H16ClN3O2. The quantitative estimate of drug-likeness (QED) is 0.946. The average molecular weight is 306 g/mol. The third-order valence-electron chi connectivity index (χ3n) is 3.76. The number of hydrogen-bond acceptors (Lipinski definition) is 4. The maximum absolute atomic E-state index is 12.4. The summed E-state index contributed by atoms with van der Waals surface area (Å²) in [4.78, 5) is 14.1. The van der Waals surface area contributed by atoms with Crippen LogP contribution < -0.4 is 5.32 Å². The summed E-state index contributed by atoms with van der Waals surface area (Å²) >= 11 is 5.86. The Morgan fingerprint density at radius 3 is 2.86 bits per heavy atom. The molecule has 1 aromatic carbocycles. The molecule has 1 amide bonds. The molecule has 1 atom stereocenters. The van der Waals surface area contributed by atoms with Gasteiger partial charge in [-0.1, -0.05) is 16.8 Å². The number of likely N-dealkylation sites (N-methyl/N-ethyl adjacent to an activating group) is 1. The second kappa shape index (κ2) is 5.87. The normalized spacial score (nSPS) is 17.9. The van der Waals surface area contributed by atoms with Crippen molar-refractivity contribution in [2.75, 3.05) is 20.1 Å². The van der Waals surface area contributed by atoms with Crippen LogP contribution in [0.3, 0.4) is 0 Å². The van der Waals surface area contributed by atoms with Crippen molar-refractivity contribution in [2.24, 2.45) is 0 Å². The Kier molecular flexibility index (Phi) is 3.94. The number of carbonyl (C=O) groups excluding carboxylic acids is 1. The molecule has 0 radical (unpaired) electrons. The van der Waals surface area contributed by atoms with Crippen LogP contribution in [-0.4, -0.2) is 42.1 Å². The predicted molar refractivity (Wildman–Crippen MR) is 80.3 cm³/mol. The third kappa shape index (κ3) is 2.94. The minimum atomic E-state index is -0.118. The van der Waals surface area contributed by atoms with Gasteiger partial charge < -0.3 is 14.7 Å². The lowest BCUT2D eigenvalue weighted by molar-refractivity contribution is 0.0733. The van der Waals surface area contributed by atoms with Crippen LogP contribution in [-0.2, 0) is 0 Å². The first-order valence-corrected chi connectivity index (χ1v) is 7.23. The predicted octanol–water partition coefficient (Wildman–Crippen LogP) is 2.43. The number of nitrogens with zero attached hydrogens (tertiary/aromatic N) is 2. The number of benzene rings is 1. The van der Waals surface area contributed by atoms with Crippen LogP contribution >= 0.6 is 11.6 Å². The molecule has 6 heteroatoms. The van der Waals surface area contributed by atoms with Crippen LogP contribution in [0, 0.1) is 0 Å².